The van der Waals surface area contributed by atoms with Crippen molar-refractivity contribution < 1.29 is 14.3 Å². The average molecular weight is 446 g/mol. The van der Waals surface area contributed by atoms with Gasteiger partial charge in [-0.05, 0) is 44.4 Å². The van der Waals surface area contributed by atoms with Crippen LogP contribution in [-0.2, 0) is 14.3 Å². The fourth-order valence-electron chi connectivity index (χ4n) is 4.17. The van der Waals surface area contributed by atoms with E-state index in [0.717, 1.165) is 22.4 Å². The summed E-state index contributed by atoms with van der Waals surface area (Å²) < 4.78 is 7.06. The number of allylic oxidation sites excluding steroid dienone is 1. The van der Waals surface area contributed by atoms with Crippen LogP contribution in [0.1, 0.15) is 36.6 Å². The molecule has 1 aliphatic heterocycles. The molecular formula is C25H27N5O3. The molecule has 1 aromatic heterocycles. The molecule has 2 aromatic carbocycles. The van der Waals surface area contributed by atoms with Crippen molar-refractivity contribution in [3.63, 3.8) is 0 Å². The Hall–Kier alpha value is -3.94. The van der Waals surface area contributed by atoms with Gasteiger partial charge in [0.25, 0.3) is 0 Å². The Bertz CT molecular complexity index is 1200. The predicted molar refractivity (Wildman–Crippen MR) is 126 cm³/mol. The molecule has 170 valence electrons. The molecule has 0 fully saturated rings. The summed E-state index contributed by atoms with van der Waals surface area (Å²) >= 11 is 0. The second-order valence-corrected chi connectivity index (χ2v) is 7.94. The third-order valence-electron chi connectivity index (χ3n) is 5.77. The lowest BCUT2D eigenvalue weighted by atomic mass is 9.95. The van der Waals surface area contributed by atoms with Gasteiger partial charge in [0.2, 0.25) is 11.9 Å². The van der Waals surface area contributed by atoms with E-state index in [4.69, 9.17) is 4.74 Å². The van der Waals surface area contributed by atoms with Gasteiger partial charge in [-0.3, -0.25) is 4.79 Å². The molecule has 8 nitrogen and oxygen atoms in total. The maximum absolute atomic E-state index is 13.1. The Kier molecular flexibility index (Phi) is 6.26. The maximum atomic E-state index is 13.1. The van der Waals surface area contributed by atoms with E-state index in [-0.39, 0.29) is 19.1 Å². The molecule has 0 aliphatic carbocycles. The first kappa shape index (κ1) is 22.3. The number of ether oxygens (including phenoxy) is 1. The number of hydrogen-bond donors (Lipinski definition) is 1. The van der Waals surface area contributed by atoms with E-state index >= 15 is 0 Å². The number of nitrogens with one attached hydrogen (secondary N) is 1. The van der Waals surface area contributed by atoms with E-state index in [1.807, 2.05) is 69.3 Å². The number of carbonyl (C=O) groups is 2. The fourth-order valence-corrected chi connectivity index (χ4v) is 4.17. The van der Waals surface area contributed by atoms with Crippen molar-refractivity contribution in [3.05, 3.63) is 82.8 Å². The molecule has 1 amide bonds. The van der Waals surface area contributed by atoms with Crippen LogP contribution in [0.3, 0.4) is 0 Å². The fraction of sp³-hybridized carbons (Fsp3) is 0.280. The zero-order chi connectivity index (χ0) is 23.5. The van der Waals surface area contributed by atoms with Gasteiger partial charge in [0.05, 0.1) is 12.2 Å². The van der Waals surface area contributed by atoms with Crippen molar-refractivity contribution in [2.45, 2.75) is 33.7 Å². The van der Waals surface area contributed by atoms with Crippen LogP contribution in [0.2, 0.25) is 0 Å². The molecule has 1 aliphatic rings. The van der Waals surface area contributed by atoms with Crippen LogP contribution in [0.25, 0.3) is 0 Å². The molecule has 0 spiro atoms. The SMILES string of the molecule is CCOC(=O)C1=C(C)N(CC(=O)Nc2c(C)cccc2C)c2ncnn2[C@H]1c1ccccc1. The molecule has 4 rings (SSSR count). The summed E-state index contributed by atoms with van der Waals surface area (Å²) in [6, 6.07) is 15.0. The minimum Gasteiger partial charge on any atom is -0.463 e. The van der Waals surface area contributed by atoms with Gasteiger partial charge in [0, 0.05) is 11.4 Å². The molecule has 0 saturated heterocycles. The van der Waals surface area contributed by atoms with Crippen LogP contribution in [0.4, 0.5) is 11.6 Å². The summed E-state index contributed by atoms with van der Waals surface area (Å²) in [5.74, 6) is -0.168. The Morgan fingerprint density at radius 1 is 1.03 bits per heavy atom. The average Bonchev–Trinajstić information content (AvgIpc) is 3.28. The number of aromatic nitrogens is 3. The van der Waals surface area contributed by atoms with E-state index < -0.39 is 12.0 Å². The molecule has 33 heavy (non-hydrogen) atoms. The van der Waals surface area contributed by atoms with E-state index in [9.17, 15) is 9.59 Å². The lowest BCUT2D eigenvalue weighted by Crippen LogP contribution is -2.41. The van der Waals surface area contributed by atoms with Crippen LogP contribution in [0.15, 0.2) is 66.1 Å². The van der Waals surface area contributed by atoms with Crippen LogP contribution in [-0.4, -0.2) is 39.8 Å². The maximum Gasteiger partial charge on any atom is 0.338 e. The number of aryl methyl sites for hydroxylation is 2. The number of fused-ring (bicyclic) bond motifs is 1. The summed E-state index contributed by atoms with van der Waals surface area (Å²) in [6.07, 6.45) is 1.43. The Labute approximate surface area is 192 Å². The molecule has 0 bridgehead atoms. The number of para-hydroxylation sites is 1. The number of nitrogens with zero attached hydrogens (tertiary/aromatic N) is 4. The van der Waals surface area contributed by atoms with Crippen molar-refractivity contribution in [2.75, 3.05) is 23.4 Å². The van der Waals surface area contributed by atoms with Crippen molar-refractivity contribution >= 4 is 23.5 Å². The number of carbonyl (C=O) groups excluding carboxylic acids is 2. The van der Waals surface area contributed by atoms with Gasteiger partial charge in [-0.25, -0.2) is 9.48 Å². The molecule has 2 heterocycles. The number of rotatable bonds is 6. The molecule has 8 heteroatoms. The molecular weight excluding hydrogens is 418 g/mol. The van der Waals surface area contributed by atoms with Crippen LogP contribution >= 0.6 is 0 Å². The minimum absolute atomic E-state index is 0.0251. The number of amides is 1. The van der Waals surface area contributed by atoms with Crippen molar-refractivity contribution in [1.82, 2.24) is 14.8 Å². The minimum atomic E-state index is -0.499. The zero-order valence-corrected chi connectivity index (χ0v) is 19.2. The summed E-state index contributed by atoms with van der Waals surface area (Å²) in [7, 11) is 0. The first-order valence-electron chi connectivity index (χ1n) is 10.9. The molecule has 0 unspecified atom stereocenters. The van der Waals surface area contributed by atoms with Gasteiger partial charge in [0.15, 0.2) is 0 Å². The quantitative estimate of drug-likeness (QED) is 0.581. The van der Waals surface area contributed by atoms with Gasteiger partial charge in [0.1, 0.15) is 18.9 Å². The summed E-state index contributed by atoms with van der Waals surface area (Å²) in [5, 5.41) is 7.41. The molecule has 1 N–H and O–H groups in total. The largest absolute Gasteiger partial charge is 0.463 e. The standard InChI is InChI=1S/C25H27N5O3/c1-5-33-24(32)21-18(4)29(14-20(31)28-22-16(2)10-9-11-17(22)3)25-26-15-27-30(25)23(21)19-12-7-6-8-13-19/h6-13,15,23H,5,14H2,1-4H3,(H,28,31)/t23-/m0/s1. The van der Waals surface area contributed by atoms with E-state index in [1.165, 1.54) is 6.33 Å². The number of esters is 1. The van der Waals surface area contributed by atoms with Crippen LogP contribution in [0, 0.1) is 13.8 Å². The first-order chi connectivity index (χ1) is 15.9. The smallest absolute Gasteiger partial charge is 0.338 e. The van der Waals surface area contributed by atoms with E-state index in [1.54, 1.807) is 16.5 Å². The molecule has 1 atom stereocenters. The highest BCUT2D eigenvalue weighted by Gasteiger charge is 2.38. The molecule has 0 radical (unpaired) electrons. The van der Waals surface area contributed by atoms with Gasteiger partial charge in [-0.15, -0.1) is 0 Å². The molecule has 3 aromatic rings. The lowest BCUT2D eigenvalue weighted by molar-refractivity contribution is -0.139. The van der Waals surface area contributed by atoms with Crippen LogP contribution < -0.4 is 10.2 Å². The highest BCUT2D eigenvalue weighted by molar-refractivity contribution is 5.97. The third-order valence-corrected chi connectivity index (χ3v) is 5.77. The Morgan fingerprint density at radius 3 is 2.39 bits per heavy atom. The summed E-state index contributed by atoms with van der Waals surface area (Å²) in [6.45, 7) is 7.71. The van der Waals surface area contributed by atoms with Crippen molar-refractivity contribution in [1.29, 1.82) is 0 Å². The lowest BCUT2D eigenvalue weighted by Gasteiger charge is -2.35. The topological polar surface area (TPSA) is 89.3 Å². The third kappa shape index (κ3) is 4.24. The van der Waals surface area contributed by atoms with Gasteiger partial charge >= 0.3 is 5.97 Å². The Morgan fingerprint density at radius 2 is 1.73 bits per heavy atom. The molecule has 0 saturated carbocycles. The predicted octanol–water partition coefficient (Wildman–Crippen LogP) is 3.78. The number of benzene rings is 2. The second kappa shape index (κ2) is 9.28. The van der Waals surface area contributed by atoms with Crippen LogP contribution in [0.5, 0.6) is 0 Å². The van der Waals surface area contributed by atoms with E-state index in [2.05, 4.69) is 15.4 Å². The second-order valence-electron chi connectivity index (χ2n) is 7.94. The van der Waals surface area contributed by atoms with Crippen molar-refractivity contribution in [3.8, 4) is 0 Å². The van der Waals surface area contributed by atoms with Crippen molar-refractivity contribution in [2.24, 2.45) is 0 Å². The van der Waals surface area contributed by atoms with Gasteiger partial charge in [-0.1, -0.05) is 48.5 Å². The highest BCUT2D eigenvalue weighted by Crippen LogP contribution is 2.38. The normalized spacial score (nSPS) is 15.3. The first-order valence-corrected chi connectivity index (χ1v) is 10.9. The summed E-state index contributed by atoms with van der Waals surface area (Å²) in [5.41, 5.74) is 4.67. The number of anilines is 2. The highest BCUT2D eigenvalue weighted by atomic mass is 16.5. The zero-order valence-electron chi connectivity index (χ0n) is 19.2. The monoisotopic (exact) mass is 445 g/mol. The van der Waals surface area contributed by atoms with Gasteiger partial charge in [-0.2, -0.15) is 10.1 Å². The summed E-state index contributed by atoms with van der Waals surface area (Å²) in [4.78, 5) is 32.3. The van der Waals surface area contributed by atoms with E-state index in [0.29, 0.717) is 17.2 Å². The number of hydrogen-bond acceptors (Lipinski definition) is 6. The Balaban J connectivity index is 1.73. The van der Waals surface area contributed by atoms with Gasteiger partial charge < -0.3 is 15.0 Å².